The van der Waals surface area contributed by atoms with Crippen LogP contribution in [0.5, 0.6) is 5.75 Å². The Morgan fingerprint density at radius 1 is 1.12 bits per heavy atom. The Hall–Kier alpha value is -2.57. The molecule has 0 radical (unpaired) electrons. The second-order valence-corrected chi connectivity index (χ2v) is 6.60. The fourth-order valence-corrected chi connectivity index (χ4v) is 2.46. The van der Waals surface area contributed by atoms with Gasteiger partial charge in [0.2, 0.25) is 0 Å². The number of nitrogens with zero attached hydrogens (tertiary/aromatic N) is 1. The van der Waals surface area contributed by atoms with Crippen molar-refractivity contribution in [2.24, 2.45) is 5.10 Å². The molecule has 0 aliphatic heterocycles. The summed E-state index contributed by atoms with van der Waals surface area (Å²) in [5, 5.41) is 4.47. The molecule has 1 N–H and O–H groups in total. The van der Waals surface area contributed by atoms with Crippen LogP contribution in [0.2, 0.25) is 5.02 Å². The van der Waals surface area contributed by atoms with Gasteiger partial charge < -0.3 is 9.15 Å². The van der Waals surface area contributed by atoms with Crippen LogP contribution < -0.4 is 10.2 Å². The van der Waals surface area contributed by atoms with E-state index in [9.17, 15) is 4.79 Å². The third-order valence-electron chi connectivity index (χ3n) is 3.32. The average Bonchev–Trinajstić information content (AvgIpc) is 3.11. The van der Waals surface area contributed by atoms with Gasteiger partial charge in [0, 0.05) is 15.1 Å². The largest absolute Gasteiger partial charge is 0.484 e. The Kier molecular flexibility index (Phi) is 6.09. The summed E-state index contributed by atoms with van der Waals surface area (Å²) in [5.41, 5.74) is 3.33. The number of amides is 1. The van der Waals surface area contributed by atoms with Crippen LogP contribution in [0.4, 0.5) is 0 Å². The Morgan fingerprint density at radius 2 is 1.85 bits per heavy atom. The second kappa shape index (κ2) is 8.69. The van der Waals surface area contributed by atoms with Crippen LogP contribution in [0.1, 0.15) is 5.76 Å². The summed E-state index contributed by atoms with van der Waals surface area (Å²) >= 11 is 9.18. The maximum absolute atomic E-state index is 11.7. The molecule has 0 bridgehead atoms. The number of furan rings is 1. The molecule has 0 spiro atoms. The lowest BCUT2D eigenvalue weighted by atomic mass is 10.2. The maximum atomic E-state index is 11.7. The van der Waals surface area contributed by atoms with Crippen molar-refractivity contribution in [1.82, 2.24) is 5.43 Å². The van der Waals surface area contributed by atoms with E-state index in [2.05, 4.69) is 26.5 Å². The maximum Gasteiger partial charge on any atom is 0.277 e. The van der Waals surface area contributed by atoms with E-state index in [1.807, 2.05) is 30.3 Å². The summed E-state index contributed by atoms with van der Waals surface area (Å²) in [6, 6.07) is 18.1. The number of halogens is 2. The zero-order valence-electron chi connectivity index (χ0n) is 13.5. The van der Waals surface area contributed by atoms with Gasteiger partial charge in [0.1, 0.15) is 17.3 Å². The minimum atomic E-state index is -0.379. The molecule has 0 saturated carbocycles. The van der Waals surface area contributed by atoms with Gasteiger partial charge in [0.15, 0.2) is 6.61 Å². The predicted octanol–water partition coefficient (Wildman–Crippen LogP) is 4.89. The topological polar surface area (TPSA) is 63.8 Å². The summed E-state index contributed by atoms with van der Waals surface area (Å²) in [6.07, 6.45) is 1.43. The van der Waals surface area contributed by atoms with Crippen molar-refractivity contribution in [2.45, 2.75) is 0 Å². The quantitative estimate of drug-likeness (QED) is 0.444. The van der Waals surface area contributed by atoms with E-state index in [-0.39, 0.29) is 12.5 Å². The molecule has 3 aromatic rings. The van der Waals surface area contributed by atoms with Gasteiger partial charge in [-0.25, -0.2) is 5.43 Å². The average molecular weight is 434 g/mol. The molecule has 0 aliphatic carbocycles. The lowest BCUT2D eigenvalue weighted by Crippen LogP contribution is -2.24. The van der Waals surface area contributed by atoms with E-state index in [0.717, 1.165) is 15.8 Å². The van der Waals surface area contributed by atoms with Gasteiger partial charge in [-0.1, -0.05) is 39.7 Å². The summed E-state index contributed by atoms with van der Waals surface area (Å²) < 4.78 is 12.0. The molecule has 0 unspecified atom stereocenters. The van der Waals surface area contributed by atoms with Gasteiger partial charge in [0.25, 0.3) is 5.91 Å². The van der Waals surface area contributed by atoms with Crippen molar-refractivity contribution in [1.29, 1.82) is 0 Å². The Morgan fingerprint density at radius 3 is 2.58 bits per heavy atom. The van der Waals surface area contributed by atoms with Crippen LogP contribution in [-0.4, -0.2) is 18.7 Å². The van der Waals surface area contributed by atoms with Gasteiger partial charge >= 0.3 is 0 Å². The number of benzene rings is 2. The summed E-state index contributed by atoms with van der Waals surface area (Å²) in [5.74, 6) is 1.42. The highest BCUT2D eigenvalue weighted by molar-refractivity contribution is 9.10. The van der Waals surface area contributed by atoms with Gasteiger partial charge in [-0.3, -0.25) is 4.79 Å². The summed E-state index contributed by atoms with van der Waals surface area (Å²) in [6.45, 7) is -0.152. The zero-order valence-corrected chi connectivity index (χ0v) is 15.8. The fourth-order valence-electron chi connectivity index (χ4n) is 2.07. The van der Waals surface area contributed by atoms with Crippen LogP contribution in [-0.2, 0) is 4.79 Å². The molecule has 1 aromatic heterocycles. The number of hydrogen-bond acceptors (Lipinski definition) is 4. The highest BCUT2D eigenvalue weighted by Crippen LogP contribution is 2.23. The van der Waals surface area contributed by atoms with E-state index < -0.39 is 0 Å². The molecule has 0 aliphatic rings. The number of carbonyl (C=O) groups excluding carboxylic acids is 1. The van der Waals surface area contributed by atoms with Crippen molar-refractivity contribution >= 4 is 39.7 Å². The number of nitrogens with one attached hydrogen (secondary N) is 1. The van der Waals surface area contributed by atoms with E-state index in [1.54, 1.807) is 30.3 Å². The second-order valence-electron chi connectivity index (χ2n) is 5.24. The van der Waals surface area contributed by atoms with E-state index in [1.165, 1.54) is 6.21 Å². The highest BCUT2D eigenvalue weighted by Gasteiger charge is 2.04. The van der Waals surface area contributed by atoms with Crippen LogP contribution in [0.15, 0.2) is 74.7 Å². The molecule has 0 atom stereocenters. The molecule has 2 aromatic carbocycles. The van der Waals surface area contributed by atoms with Gasteiger partial charge in [-0.2, -0.15) is 5.10 Å². The highest BCUT2D eigenvalue weighted by atomic mass is 79.9. The molecule has 5 nitrogen and oxygen atoms in total. The van der Waals surface area contributed by atoms with Gasteiger partial charge in [-0.05, 0) is 48.5 Å². The Labute approximate surface area is 163 Å². The number of ether oxygens (including phenoxy) is 1. The SMILES string of the molecule is O=C(COc1ccc(Cl)cc1)NN=Cc1ccc(-c2ccc(Br)cc2)o1. The number of rotatable bonds is 6. The van der Waals surface area contributed by atoms with Crippen molar-refractivity contribution in [3.8, 4) is 17.1 Å². The zero-order chi connectivity index (χ0) is 18.4. The van der Waals surface area contributed by atoms with Crippen molar-refractivity contribution in [3.63, 3.8) is 0 Å². The number of hydrazone groups is 1. The van der Waals surface area contributed by atoms with Crippen molar-refractivity contribution < 1.29 is 13.9 Å². The third kappa shape index (κ3) is 5.21. The predicted molar refractivity (Wildman–Crippen MR) is 105 cm³/mol. The molecule has 0 fully saturated rings. The first kappa shape index (κ1) is 18.2. The standard InChI is InChI=1S/C19H14BrClN2O3/c20-14-3-1-13(2-4-14)18-10-9-17(26-18)11-22-23-19(24)12-25-16-7-5-15(21)6-8-16/h1-11H,12H2,(H,23,24). The minimum Gasteiger partial charge on any atom is -0.484 e. The Balaban J connectivity index is 1.49. The monoisotopic (exact) mass is 432 g/mol. The molecule has 26 heavy (non-hydrogen) atoms. The minimum absolute atomic E-state index is 0.152. The van der Waals surface area contributed by atoms with Crippen LogP contribution in [0.25, 0.3) is 11.3 Å². The lowest BCUT2D eigenvalue weighted by molar-refractivity contribution is -0.123. The molecule has 3 rings (SSSR count). The lowest BCUT2D eigenvalue weighted by Gasteiger charge is -2.04. The normalized spacial score (nSPS) is 10.8. The smallest absolute Gasteiger partial charge is 0.277 e. The first-order valence-corrected chi connectivity index (χ1v) is 8.83. The molecular formula is C19H14BrClN2O3. The van der Waals surface area contributed by atoms with Gasteiger partial charge in [-0.15, -0.1) is 0 Å². The molecule has 7 heteroatoms. The third-order valence-corrected chi connectivity index (χ3v) is 4.10. The van der Waals surface area contributed by atoms with Crippen LogP contribution in [0.3, 0.4) is 0 Å². The molecular weight excluding hydrogens is 420 g/mol. The number of carbonyl (C=O) groups is 1. The first-order valence-electron chi connectivity index (χ1n) is 7.66. The first-order chi connectivity index (χ1) is 12.6. The molecule has 0 saturated heterocycles. The van der Waals surface area contributed by atoms with Crippen LogP contribution >= 0.6 is 27.5 Å². The van der Waals surface area contributed by atoms with E-state index in [4.69, 9.17) is 20.8 Å². The summed E-state index contributed by atoms with van der Waals surface area (Å²) in [7, 11) is 0. The molecule has 1 heterocycles. The summed E-state index contributed by atoms with van der Waals surface area (Å²) in [4.78, 5) is 11.7. The van der Waals surface area contributed by atoms with Crippen molar-refractivity contribution in [3.05, 3.63) is 75.9 Å². The van der Waals surface area contributed by atoms with E-state index >= 15 is 0 Å². The van der Waals surface area contributed by atoms with Gasteiger partial charge in [0.05, 0.1) is 6.21 Å². The van der Waals surface area contributed by atoms with Crippen molar-refractivity contribution in [2.75, 3.05) is 6.61 Å². The van der Waals surface area contributed by atoms with Crippen LogP contribution in [0, 0.1) is 0 Å². The molecule has 132 valence electrons. The number of hydrogen-bond donors (Lipinski definition) is 1. The molecule has 1 amide bonds. The fraction of sp³-hybridized carbons (Fsp3) is 0.0526. The Bertz CT molecular complexity index is 905. The van der Waals surface area contributed by atoms with E-state index in [0.29, 0.717) is 16.5 Å².